The fourth-order valence-electron chi connectivity index (χ4n) is 1.47. The van der Waals surface area contributed by atoms with E-state index in [9.17, 15) is 4.57 Å². The standard InChI is InChI=1S/C11H25O3P/c1-3-4-5-6-7-8-9-10-11-14-15(2,12)13/h3-11H2,1-2H3,(H,12,13). The quantitative estimate of drug-likeness (QED) is 0.461. The van der Waals surface area contributed by atoms with Gasteiger partial charge < -0.3 is 9.42 Å². The zero-order valence-corrected chi connectivity index (χ0v) is 11.0. The number of unbranched alkanes of at least 4 members (excludes halogenated alkanes) is 7. The summed E-state index contributed by atoms with van der Waals surface area (Å²) >= 11 is 0. The molecule has 1 N–H and O–H groups in total. The molecule has 0 saturated carbocycles. The highest BCUT2D eigenvalue weighted by Gasteiger charge is 2.08. The molecule has 0 amide bonds. The first kappa shape index (κ1) is 15.2. The highest BCUT2D eigenvalue weighted by molar-refractivity contribution is 7.51. The number of hydrogen-bond donors (Lipinski definition) is 1. The Labute approximate surface area is 93.8 Å². The summed E-state index contributed by atoms with van der Waals surface area (Å²) < 4.78 is 15.5. The molecule has 0 heterocycles. The molecule has 0 radical (unpaired) electrons. The number of hydrogen-bond acceptors (Lipinski definition) is 2. The monoisotopic (exact) mass is 236 g/mol. The minimum absolute atomic E-state index is 0.416. The molecule has 0 rings (SSSR count). The second-order valence-electron chi connectivity index (χ2n) is 4.11. The highest BCUT2D eigenvalue weighted by atomic mass is 31.2. The van der Waals surface area contributed by atoms with Crippen molar-refractivity contribution < 1.29 is 14.0 Å². The molecule has 15 heavy (non-hydrogen) atoms. The maximum absolute atomic E-state index is 10.8. The molecular formula is C11H25O3P. The first-order valence-corrected chi connectivity index (χ1v) is 8.03. The molecule has 92 valence electrons. The molecule has 0 aromatic heterocycles. The molecule has 0 aromatic carbocycles. The Hall–Kier alpha value is 0.150. The molecular weight excluding hydrogens is 211 g/mol. The van der Waals surface area contributed by atoms with Crippen LogP contribution in [0, 0.1) is 0 Å². The lowest BCUT2D eigenvalue weighted by atomic mass is 10.1. The van der Waals surface area contributed by atoms with Crippen LogP contribution in [0.1, 0.15) is 58.3 Å². The summed E-state index contributed by atoms with van der Waals surface area (Å²) in [7, 11) is -3.24. The Balaban J connectivity index is 3.02. The van der Waals surface area contributed by atoms with Gasteiger partial charge >= 0.3 is 7.60 Å². The van der Waals surface area contributed by atoms with E-state index in [1.807, 2.05) is 0 Å². The minimum Gasteiger partial charge on any atom is -0.324 e. The predicted octanol–water partition coefficient (Wildman–Crippen LogP) is 3.96. The third kappa shape index (κ3) is 14.2. The van der Waals surface area contributed by atoms with E-state index in [1.165, 1.54) is 45.2 Å². The van der Waals surface area contributed by atoms with Gasteiger partial charge in [-0.15, -0.1) is 0 Å². The normalized spacial score (nSPS) is 15.1. The fourth-order valence-corrected chi connectivity index (χ4v) is 1.94. The topological polar surface area (TPSA) is 46.5 Å². The maximum Gasteiger partial charge on any atom is 0.325 e. The van der Waals surface area contributed by atoms with Crippen molar-refractivity contribution in [2.24, 2.45) is 0 Å². The van der Waals surface area contributed by atoms with Crippen molar-refractivity contribution in [3.05, 3.63) is 0 Å². The second kappa shape index (κ2) is 9.38. The molecule has 0 aliphatic heterocycles. The van der Waals surface area contributed by atoms with Crippen LogP contribution in [0.3, 0.4) is 0 Å². The molecule has 0 saturated heterocycles. The van der Waals surface area contributed by atoms with E-state index in [0.29, 0.717) is 6.61 Å². The Morgan fingerprint density at radius 1 is 1.00 bits per heavy atom. The van der Waals surface area contributed by atoms with Crippen molar-refractivity contribution in [2.75, 3.05) is 13.3 Å². The van der Waals surface area contributed by atoms with E-state index in [2.05, 4.69) is 6.92 Å². The summed E-state index contributed by atoms with van der Waals surface area (Å²) in [6.07, 6.45) is 9.78. The largest absolute Gasteiger partial charge is 0.325 e. The van der Waals surface area contributed by atoms with E-state index in [1.54, 1.807) is 0 Å². The first-order chi connectivity index (χ1) is 7.06. The van der Waals surface area contributed by atoms with Crippen LogP contribution in [0.2, 0.25) is 0 Å². The Morgan fingerprint density at radius 3 is 1.93 bits per heavy atom. The van der Waals surface area contributed by atoms with E-state index >= 15 is 0 Å². The third-order valence-corrected chi connectivity index (χ3v) is 2.99. The average Bonchev–Trinajstić information content (AvgIpc) is 2.14. The minimum atomic E-state index is -3.24. The molecule has 4 heteroatoms. The van der Waals surface area contributed by atoms with Gasteiger partial charge in [-0.05, 0) is 6.42 Å². The molecule has 0 aliphatic rings. The second-order valence-corrected chi connectivity index (χ2v) is 5.98. The number of rotatable bonds is 10. The van der Waals surface area contributed by atoms with Crippen molar-refractivity contribution in [1.82, 2.24) is 0 Å². The average molecular weight is 236 g/mol. The molecule has 1 atom stereocenters. The highest BCUT2D eigenvalue weighted by Crippen LogP contribution is 2.36. The van der Waals surface area contributed by atoms with Crippen molar-refractivity contribution in [2.45, 2.75) is 58.3 Å². The summed E-state index contributed by atoms with van der Waals surface area (Å²) in [4.78, 5) is 8.85. The van der Waals surface area contributed by atoms with Gasteiger partial charge in [0.25, 0.3) is 0 Å². The molecule has 3 nitrogen and oxygen atoms in total. The van der Waals surface area contributed by atoms with Gasteiger partial charge in [-0.1, -0.05) is 51.9 Å². The zero-order valence-electron chi connectivity index (χ0n) is 10.1. The molecule has 0 aliphatic carbocycles. The van der Waals surface area contributed by atoms with Crippen LogP contribution in [-0.2, 0) is 9.09 Å². The zero-order chi connectivity index (χ0) is 11.6. The van der Waals surface area contributed by atoms with Crippen LogP contribution in [-0.4, -0.2) is 18.2 Å². The van der Waals surface area contributed by atoms with E-state index < -0.39 is 7.60 Å². The van der Waals surface area contributed by atoms with Crippen LogP contribution in [0.4, 0.5) is 0 Å². The van der Waals surface area contributed by atoms with Crippen LogP contribution in [0.25, 0.3) is 0 Å². The lowest BCUT2D eigenvalue weighted by molar-refractivity contribution is 0.257. The third-order valence-electron chi connectivity index (χ3n) is 2.33. The summed E-state index contributed by atoms with van der Waals surface area (Å²) in [5.74, 6) is 0. The Bertz CT molecular complexity index is 177. The fraction of sp³-hybridized carbons (Fsp3) is 1.00. The van der Waals surface area contributed by atoms with Gasteiger partial charge in [-0.25, -0.2) is 0 Å². The van der Waals surface area contributed by atoms with Gasteiger partial charge in [0.15, 0.2) is 0 Å². The SMILES string of the molecule is CCCCCCCCCCOP(C)(=O)O. The lowest BCUT2D eigenvalue weighted by Gasteiger charge is -2.06. The van der Waals surface area contributed by atoms with Crippen LogP contribution < -0.4 is 0 Å². The first-order valence-electron chi connectivity index (χ1n) is 6.01. The molecule has 0 fully saturated rings. The molecule has 0 spiro atoms. The van der Waals surface area contributed by atoms with Crippen LogP contribution >= 0.6 is 7.60 Å². The van der Waals surface area contributed by atoms with Crippen molar-refractivity contribution in [1.29, 1.82) is 0 Å². The molecule has 0 bridgehead atoms. The summed E-state index contributed by atoms with van der Waals surface area (Å²) in [5.41, 5.74) is 0. The molecule has 0 aromatic rings. The predicted molar refractivity (Wildman–Crippen MR) is 64.3 cm³/mol. The Morgan fingerprint density at radius 2 is 1.47 bits per heavy atom. The Kier molecular flexibility index (Phi) is 9.48. The molecule has 1 unspecified atom stereocenters. The van der Waals surface area contributed by atoms with Gasteiger partial charge in [0.05, 0.1) is 6.61 Å². The lowest BCUT2D eigenvalue weighted by Crippen LogP contribution is -1.91. The van der Waals surface area contributed by atoms with E-state index in [-0.39, 0.29) is 0 Å². The van der Waals surface area contributed by atoms with Crippen LogP contribution in [0.5, 0.6) is 0 Å². The van der Waals surface area contributed by atoms with Gasteiger partial charge in [-0.2, -0.15) is 0 Å². The van der Waals surface area contributed by atoms with E-state index in [4.69, 9.17) is 9.42 Å². The van der Waals surface area contributed by atoms with Crippen molar-refractivity contribution in [3.8, 4) is 0 Å². The van der Waals surface area contributed by atoms with E-state index in [0.717, 1.165) is 12.8 Å². The summed E-state index contributed by atoms with van der Waals surface area (Å²) in [6.45, 7) is 3.87. The summed E-state index contributed by atoms with van der Waals surface area (Å²) in [5, 5.41) is 0. The van der Waals surface area contributed by atoms with Crippen LogP contribution in [0.15, 0.2) is 0 Å². The smallest absolute Gasteiger partial charge is 0.324 e. The van der Waals surface area contributed by atoms with Gasteiger partial charge in [0.2, 0.25) is 0 Å². The van der Waals surface area contributed by atoms with Gasteiger partial charge in [0, 0.05) is 6.66 Å². The maximum atomic E-state index is 10.8. The van der Waals surface area contributed by atoms with Crippen molar-refractivity contribution in [3.63, 3.8) is 0 Å². The van der Waals surface area contributed by atoms with Gasteiger partial charge in [-0.3, -0.25) is 4.57 Å². The van der Waals surface area contributed by atoms with Crippen molar-refractivity contribution >= 4 is 7.60 Å². The van der Waals surface area contributed by atoms with Gasteiger partial charge in [0.1, 0.15) is 0 Å². The summed E-state index contributed by atoms with van der Waals surface area (Å²) in [6, 6.07) is 0.